The van der Waals surface area contributed by atoms with Crippen LogP contribution < -0.4 is 10.6 Å². The molecular formula is C14H24N2O6S. The molecular weight excluding hydrogens is 324 g/mol. The molecule has 23 heavy (non-hydrogen) atoms. The van der Waals surface area contributed by atoms with Crippen molar-refractivity contribution in [2.75, 3.05) is 12.9 Å². The van der Waals surface area contributed by atoms with E-state index in [2.05, 4.69) is 10.1 Å². The van der Waals surface area contributed by atoms with Crippen LogP contribution in [0.5, 0.6) is 0 Å². The molecule has 0 aromatic rings. The van der Waals surface area contributed by atoms with Crippen LogP contribution in [-0.4, -0.2) is 54.1 Å². The number of carbonyl (C=O) groups is 4. The van der Waals surface area contributed by atoms with Crippen LogP contribution in [0.2, 0.25) is 0 Å². The number of amides is 3. The molecule has 9 heteroatoms. The normalized spacial score (nSPS) is 13.4. The molecule has 0 aliphatic heterocycles. The van der Waals surface area contributed by atoms with E-state index in [0.717, 1.165) is 0 Å². The molecule has 0 radical (unpaired) electrons. The minimum Gasteiger partial charge on any atom is -0.467 e. The molecule has 0 bridgehead atoms. The maximum absolute atomic E-state index is 11.7. The van der Waals surface area contributed by atoms with Crippen molar-refractivity contribution in [3.63, 3.8) is 0 Å². The third kappa shape index (κ3) is 10.6. The van der Waals surface area contributed by atoms with Crippen LogP contribution in [0.3, 0.4) is 0 Å². The summed E-state index contributed by atoms with van der Waals surface area (Å²) in [4.78, 5) is 44.9. The zero-order valence-corrected chi connectivity index (χ0v) is 14.8. The molecule has 132 valence electrons. The Kier molecular flexibility index (Phi) is 9.31. The summed E-state index contributed by atoms with van der Waals surface area (Å²) in [6.45, 7) is 6.91. The van der Waals surface area contributed by atoms with Crippen molar-refractivity contribution in [3.8, 4) is 0 Å². The Bertz CT molecular complexity index is 435. The van der Waals surface area contributed by atoms with Gasteiger partial charge in [-0.25, -0.2) is 9.59 Å². The fraction of sp³-hybridized carbons (Fsp3) is 0.714. The zero-order chi connectivity index (χ0) is 18.0. The average molecular weight is 348 g/mol. The van der Waals surface area contributed by atoms with E-state index in [1.165, 1.54) is 18.9 Å². The standard InChI is InChI=1S/C14H24N2O6S/c1-9(6-11(18)15-8-17)23-7-10(12(19)21-5)16-13(20)22-14(2,3)4/h8-10H,6-7H2,1-5H3,(H,16,20)(H,15,17,18)/t9?,10-/m0/s1. The largest absolute Gasteiger partial charge is 0.467 e. The molecule has 8 nitrogen and oxygen atoms in total. The Labute approximate surface area is 140 Å². The minimum absolute atomic E-state index is 0.115. The quantitative estimate of drug-likeness (QED) is 0.494. The lowest BCUT2D eigenvalue weighted by atomic mass is 10.2. The third-order valence-electron chi connectivity index (χ3n) is 2.42. The summed E-state index contributed by atoms with van der Waals surface area (Å²) in [5.74, 6) is -0.802. The van der Waals surface area contributed by atoms with E-state index in [1.54, 1.807) is 27.7 Å². The van der Waals surface area contributed by atoms with Crippen LogP contribution >= 0.6 is 11.8 Å². The summed E-state index contributed by atoms with van der Waals surface area (Å²) in [7, 11) is 1.22. The van der Waals surface area contributed by atoms with E-state index in [9.17, 15) is 19.2 Å². The highest BCUT2D eigenvalue weighted by Crippen LogP contribution is 2.16. The van der Waals surface area contributed by atoms with Crippen molar-refractivity contribution < 1.29 is 28.7 Å². The molecule has 1 unspecified atom stereocenters. The number of hydrogen-bond acceptors (Lipinski definition) is 7. The highest BCUT2D eigenvalue weighted by molar-refractivity contribution is 7.99. The maximum atomic E-state index is 11.7. The van der Waals surface area contributed by atoms with Crippen LogP contribution in [0, 0.1) is 0 Å². The number of hydrogen-bond donors (Lipinski definition) is 2. The second kappa shape index (κ2) is 10.1. The predicted molar refractivity (Wildman–Crippen MR) is 85.9 cm³/mol. The van der Waals surface area contributed by atoms with Crippen LogP contribution in [0.15, 0.2) is 0 Å². The lowest BCUT2D eigenvalue weighted by Gasteiger charge is -2.23. The van der Waals surface area contributed by atoms with Gasteiger partial charge in [0.2, 0.25) is 12.3 Å². The number of methoxy groups -OCH3 is 1. The lowest BCUT2D eigenvalue weighted by molar-refractivity contribution is -0.142. The molecule has 0 aliphatic rings. The summed E-state index contributed by atoms with van der Waals surface area (Å²) in [5.41, 5.74) is -0.682. The molecule has 0 aromatic carbocycles. The van der Waals surface area contributed by atoms with Gasteiger partial charge in [-0.2, -0.15) is 11.8 Å². The van der Waals surface area contributed by atoms with E-state index in [0.29, 0.717) is 6.41 Å². The Morgan fingerprint density at radius 2 is 1.87 bits per heavy atom. The third-order valence-corrected chi connectivity index (χ3v) is 3.68. The van der Waals surface area contributed by atoms with Crippen LogP contribution in [0.4, 0.5) is 4.79 Å². The van der Waals surface area contributed by atoms with Crippen molar-refractivity contribution in [1.29, 1.82) is 0 Å². The molecule has 2 N–H and O–H groups in total. The Morgan fingerprint density at radius 3 is 2.35 bits per heavy atom. The number of thioether (sulfide) groups is 1. The zero-order valence-electron chi connectivity index (χ0n) is 14.0. The lowest BCUT2D eigenvalue weighted by Crippen LogP contribution is -2.45. The maximum Gasteiger partial charge on any atom is 0.408 e. The summed E-state index contributed by atoms with van der Waals surface area (Å²) >= 11 is 1.29. The second-order valence-electron chi connectivity index (χ2n) is 5.76. The van der Waals surface area contributed by atoms with Gasteiger partial charge < -0.3 is 14.8 Å². The summed E-state index contributed by atoms with van der Waals surface area (Å²) in [5, 5.41) is 4.34. The summed E-state index contributed by atoms with van der Waals surface area (Å²) in [6.07, 6.45) is -0.287. The van der Waals surface area contributed by atoms with E-state index in [-0.39, 0.29) is 17.4 Å². The molecule has 0 heterocycles. The second-order valence-corrected chi connectivity index (χ2v) is 7.23. The Hall–Kier alpha value is -1.77. The van der Waals surface area contributed by atoms with E-state index < -0.39 is 29.6 Å². The highest BCUT2D eigenvalue weighted by Gasteiger charge is 2.26. The van der Waals surface area contributed by atoms with Gasteiger partial charge in [-0.3, -0.25) is 14.9 Å². The van der Waals surface area contributed by atoms with Gasteiger partial charge in [0.05, 0.1) is 7.11 Å². The van der Waals surface area contributed by atoms with Gasteiger partial charge >= 0.3 is 12.1 Å². The molecule has 0 spiro atoms. The van der Waals surface area contributed by atoms with Gasteiger partial charge in [0.25, 0.3) is 0 Å². The number of carbonyl (C=O) groups excluding carboxylic acids is 4. The first-order valence-corrected chi connectivity index (χ1v) is 8.06. The molecule has 2 atom stereocenters. The van der Waals surface area contributed by atoms with Gasteiger partial charge in [0.1, 0.15) is 11.6 Å². The van der Waals surface area contributed by atoms with Crippen molar-refractivity contribution in [2.45, 2.75) is 51.0 Å². The van der Waals surface area contributed by atoms with E-state index >= 15 is 0 Å². The molecule has 0 fully saturated rings. The number of imide groups is 1. The van der Waals surface area contributed by atoms with Crippen molar-refractivity contribution in [3.05, 3.63) is 0 Å². The number of alkyl carbamates (subject to hydrolysis) is 1. The number of esters is 1. The summed E-state index contributed by atoms with van der Waals surface area (Å²) < 4.78 is 9.74. The van der Waals surface area contributed by atoms with Crippen LogP contribution in [0.25, 0.3) is 0 Å². The van der Waals surface area contributed by atoms with E-state index in [1.807, 2.05) is 5.32 Å². The van der Waals surface area contributed by atoms with E-state index in [4.69, 9.17) is 4.74 Å². The van der Waals surface area contributed by atoms with Gasteiger partial charge in [-0.1, -0.05) is 6.92 Å². The first kappa shape index (κ1) is 21.2. The average Bonchev–Trinajstić information content (AvgIpc) is 2.40. The predicted octanol–water partition coefficient (Wildman–Crippen LogP) is 0.837. The number of ether oxygens (including phenoxy) is 2. The Morgan fingerprint density at radius 1 is 1.26 bits per heavy atom. The SMILES string of the molecule is COC(=O)[C@H](CSC(C)CC(=O)NC=O)NC(=O)OC(C)(C)C. The van der Waals surface area contributed by atoms with Gasteiger partial charge in [-0.05, 0) is 20.8 Å². The van der Waals surface area contributed by atoms with Crippen LogP contribution in [0.1, 0.15) is 34.1 Å². The smallest absolute Gasteiger partial charge is 0.408 e. The fourth-order valence-electron chi connectivity index (χ4n) is 1.47. The Balaban J connectivity index is 4.51. The molecule has 0 saturated carbocycles. The molecule has 0 rings (SSSR count). The van der Waals surface area contributed by atoms with Gasteiger partial charge in [-0.15, -0.1) is 0 Å². The number of nitrogens with one attached hydrogen (secondary N) is 2. The molecule has 0 aliphatic carbocycles. The highest BCUT2D eigenvalue weighted by atomic mass is 32.2. The van der Waals surface area contributed by atoms with Crippen LogP contribution in [-0.2, 0) is 23.9 Å². The minimum atomic E-state index is -0.892. The van der Waals surface area contributed by atoms with Gasteiger partial charge in [0.15, 0.2) is 0 Å². The topological polar surface area (TPSA) is 111 Å². The monoisotopic (exact) mass is 348 g/mol. The summed E-state index contributed by atoms with van der Waals surface area (Å²) in [6, 6.07) is -0.892. The van der Waals surface area contributed by atoms with Crippen molar-refractivity contribution in [2.24, 2.45) is 0 Å². The fourth-order valence-corrected chi connectivity index (χ4v) is 2.48. The molecule has 0 saturated heterocycles. The first-order valence-electron chi connectivity index (χ1n) is 7.01. The number of rotatable bonds is 8. The van der Waals surface area contributed by atoms with Gasteiger partial charge in [0, 0.05) is 17.4 Å². The van der Waals surface area contributed by atoms with Crippen molar-refractivity contribution >= 4 is 36.1 Å². The molecule has 0 aromatic heterocycles. The first-order chi connectivity index (χ1) is 10.6. The molecule has 3 amide bonds. The van der Waals surface area contributed by atoms with Crippen molar-refractivity contribution in [1.82, 2.24) is 10.6 Å².